The summed E-state index contributed by atoms with van der Waals surface area (Å²) in [6.45, 7) is 4.75. The lowest BCUT2D eigenvalue weighted by Crippen LogP contribution is -2.24. The van der Waals surface area contributed by atoms with Gasteiger partial charge in [-0.25, -0.2) is 14.4 Å². The van der Waals surface area contributed by atoms with Crippen LogP contribution in [0.3, 0.4) is 0 Å². The summed E-state index contributed by atoms with van der Waals surface area (Å²) in [7, 11) is 2.50. The van der Waals surface area contributed by atoms with Crippen LogP contribution in [0.1, 0.15) is 53.2 Å². The number of ether oxygens (including phenoxy) is 3. The Hall–Kier alpha value is -3.37. The number of methoxy groups -OCH3 is 2. The van der Waals surface area contributed by atoms with Crippen LogP contribution in [-0.4, -0.2) is 57.2 Å². The highest BCUT2D eigenvalue weighted by molar-refractivity contribution is 6.32. The van der Waals surface area contributed by atoms with Crippen molar-refractivity contribution in [3.63, 3.8) is 0 Å². The molecule has 0 aromatic heterocycles. The zero-order valence-electron chi connectivity index (χ0n) is 21.7. The van der Waals surface area contributed by atoms with E-state index in [1.165, 1.54) is 14.2 Å². The Labute approximate surface area is 221 Å². The molecule has 0 saturated carbocycles. The molecule has 0 radical (unpaired) electrons. The molecule has 202 valence electrons. The van der Waals surface area contributed by atoms with Gasteiger partial charge < -0.3 is 19.0 Å². The smallest absolute Gasteiger partial charge is 0.346 e. The standard InChI is InChI=1S/C26H33ClN2O8/c1-16-11-17(2)25(27)21-13-20(29-36-15-23(31)34-5)12-19(28-35-14-22(30)33-4)10-8-6-7-9-18(3)37-26(32)24(16)21/h6-7,11-12,18,29H,8-10,13-15H2,1-5H3/b7-6+,20-12+,28-19+. The number of carbonyl (C=O) groups is 3. The summed E-state index contributed by atoms with van der Waals surface area (Å²) in [5.41, 5.74) is 6.02. The van der Waals surface area contributed by atoms with Gasteiger partial charge in [0.2, 0.25) is 6.61 Å². The Morgan fingerprint density at radius 1 is 1.14 bits per heavy atom. The number of nitrogens with one attached hydrogen (secondary N) is 1. The molecule has 37 heavy (non-hydrogen) atoms. The number of nitrogens with zero attached hydrogens (tertiary/aromatic N) is 1. The summed E-state index contributed by atoms with van der Waals surface area (Å²) in [6.07, 6.45) is 6.88. The van der Waals surface area contributed by atoms with E-state index >= 15 is 0 Å². The molecule has 1 atom stereocenters. The summed E-state index contributed by atoms with van der Waals surface area (Å²) < 4.78 is 14.9. The van der Waals surface area contributed by atoms with Gasteiger partial charge in [0.05, 0.1) is 25.5 Å². The molecular weight excluding hydrogens is 504 g/mol. The van der Waals surface area contributed by atoms with E-state index in [-0.39, 0.29) is 25.7 Å². The van der Waals surface area contributed by atoms with E-state index < -0.39 is 17.9 Å². The van der Waals surface area contributed by atoms with Crippen LogP contribution < -0.4 is 5.48 Å². The maximum Gasteiger partial charge on any atom is 0.346 e. The summed E-state index contributed by atoms with van der Waals surface area (Å²) in [4.78, 5) is 46.7. The lowest BCUT2D eigenvalue weighted by molar-refractivity contribution is -0.148. The maximum atomic E-state index is 13.2. The predicted molar refractivity (Wildman–Crippen MR) is 137 cm³/mol. The average Bonchev–Trinajstić information content (AvgIpc) is 2.85. The van der Waals surface area contributed by atoms with Crippen molar-refractivity contribution in [1.82, 2.24) is 5.48 Å². The molecule has 0 aliphatic carbocycles. The second-order valence-corrected chi connectivity index (χ2v) is 8.76. The normalized spacial score (nSPS) is 19.9. The SMILES string of the molecule is COC(=O)CO/N=C1/C=C(/NOCC(=O)OC)Cc2c(Cl)c(C)cc(C)c2C(=O)OC(C)C/C=C/CC1. The largest absolute Gasteiger partial charge is 0.467 e. The highest BCUT2D eigenvalue weighted by Crippen LogP contribution is 2.30. The fourth-order valence-corrected chi connectivity index (χ4v) is 3.76. The topological polar surface area (TPSA) is 122 Å². The zero-order valence-corrected chi connectivity index (χ0v) is 22.5. The second-order valence-electron chi connectivity index (χ2n) is 8.39. The Bertz CT molecular complexity index is 1080. The van der Waals surface area contributed by atoms with Crippen LogP contribution in [0.15, 0.2) is 35.1 Å². The minimum atomic E-state index is -0.586. The molecule has 0 spiro atoms. The zero-order chi connectivity index (χ0) is 27.4. The number of hydrogen-bond donors (Lipinski definition) is 1. The third-order valence-corrected chi connectivity index (χ3v) is 5.90. The molecule has 0 bridgehead atoms. The molecule has 0 saturated heterocycles. The summed E-state index contributed by atoms with van der Waals surface area (Å²) in [5, 5.41) is 4.49. The third kappa shape index (κ3) is 9.55. The molecule has 0 amide bonds. The highest BCUT2D eigenvalue weighted by atomic mass is 35.5. The first-order valence-electron chi connectivity index (χ1n) is 11.7. The van der Waals surface area contributed by atoms with Gasteiger partial charge in [0.1, 0.15) is 6.10 Å². The number of allylic oxidation sites excluding steroid dienone is 3. The molecule has 1 aliphatic heterocycles. The lowest BCUT2D eigenvalue weighted by Gasteiger charge is -2.20. The first-order chi connectivity index (χ1) is 17.7. The Balaban J connectivity index is 2.57. The van der Waals surface area contributed by atoms with Crippen LogP contribution in [0.25, 0.3) is 0 Å². The molecule has 10 nitrogen and oxygen atoms in total. The molecule has 1 heterocycles. The molecule has 2 rings (SSSR count). The molecule has 0 fully saturated rings. The summed E-state index contributed by atoms with van der Waals surface area (Å²) >= 11 is 6.68. The van der Waals surface area contributed by atoms with Gasteiger partial charge in [-0.15, -0.1) is 0 Å². The first-order valence-corrected chi connectivity index (χ1v) is 12.1. The van der Waals surface area contributed by atoms with E-state index in [0.717, 1.165) is 5.56 Å². The number of hydroxylamine groups is 1. The fourth-order valence-electron chi connectivity index (χ4n) is 3.55. The highest BCUT2D eigenvalue weighted by Gasteiger charge is 2.23. The molecule has 1 N–H and O–H groups in total. The van der Waals surface area contributed by atoms with Crippen LogP contribution >= 0.6 is 11.6 Å². The third-order valence-electron chi connectivity index (χ3n) is 5.38. The van der Waals surface area contributed by atoms with Crippen LogP contribution in [0.2, 0.25) is 5.02 Å². The van der Waals surface area contributed by atoms with Crippen molar-refractivity contribution in [2.24, 2.45) is 5.16 Å². The number of esters is 3. The van der Waals surface area contributed by atoms with Crippen molar-refractivity contribution in [1.29, 1.82) is 0 Å². The van der Waals surface area contributed by atoms with Crippen LogP contribution in [0, 0.1) is 13.8 Å². The number of oxime groups is 1. The number of cyclic esters (lactones) is 1. The van der Waals surface area contributed by atoms with E-state index in [9.17, 15) is 14.4 Å². The maximum absolute atomic E-state index is 13.2. The van der Waals surface area contributed by atoms with Gasteiger partial charge >= 0.3 is 17.9 Å². The van der Waals surface area contributed by atoms with E-state index in [4.69, 9.17) is 26.0 Å². The van der Waals surface area contributed by atoms with Crippen molar-refractivity contribution in [2.45, 2.75) is 52.6 Å². The Morgan fingerprint density at radius 3 is 2.54 bits per heavy atom. The molecule has 11 heteroatoms. The monoisotopic (exact) mass is 536 g/mol. The molecule has 1 aromatic carbocycles. The van der Waals surface area contributed by atoms with E-state index in [0.29, 0.717) is 52.4 Å². The molecule has 1 aliphatic rings. The lowest BCUT2D eigenvalue weighted by atomic mass is 9.95. The van der Waals surface area contributed by atoms with E-state index in [1.807, 2.05) is 39.0 Å². The number of benzene rings is 1. The van der Waals surface area contributed by atoms with Crippen molar-refractivity contribution in [3.05, 3.63) is 57.3 Å². The van der Waals surface area contributed by atoms with Crippen LogP contribution in [0.4, 0.5) is 0 Å². The number of hydrogen-bond acceptors (Lipinski definition) is 10. The van der Waals surface area contributed by atoms with Crippen molar-refractivity contribution < 1.29 is 38.3 Å². The summed E-state index contributed by atoms with van der Waals surface area (Å²) in [5.74, 6) is -1.65. The minimum absolute atomic E-state index is 0.118. The van der Waals surface area contributed by atoms with Crippen molar-refractivity contribution >= 4 is 35.2 Å². The predicted octanol–water partition coefficient (Wildman–Crippen LogP) is 3.91. The van der Waals surface area contributed by atoms with Crippen LogP contribution in [-0.2, 0) is 39.9 Å². The fraction of sp³-hybridized carbons (Fsp3) is 0.462. The van der Waals surface area contributed by atoms with Gasteiger partial charge in [-0.1, -0.05) is 35.0 Å². The van der Waals surface area contributed by atoms with Crippen molar-refractivity contribution in [2.75, 3.05) is 27.4 Å². The quantitative estimate of drug-likeness (QED) is 0.239. The number of aryl methyl sites for hydroxylation is 2. The van der Waals surface area contributed by atoms with E-state index in [2.05, 4.69) is 20.1 Å². The van der Waals surface area contributed by atoms with Crippen molar-refractivity contribution in [3.8, 4) is 0 Å². The first kappa shape index (κ1) is 29.9. The van der Waals surface area contributed by atoms with Gasteiger partial charge in [0.15, 0.2) is 6.61 Å². The number of carbonyl (C=O) groups excluding carboxylic acids is 3. The second kappa shape index (κ2) is 15.0. The number of fused-ring (bicyclic) bond motifs is 1. The number of rotatable bonds is 7. The molecule has 1 aromatic rings. The summed E-state index contributed by atoms with van der Waals surface area (Å²) in [6, 6.07) is 1.83. The minimum Gasteiger partial charge on any atom is -0.467 e. The van der Waals surface area contributed by atoms with Gasteiger partial charge in [0, 0.05) is 23.6 Å². The Morgan fingerprint density at radius 2 is 1.84 bits per heavy atom. The Kier molecular flexibility index (Phi) is 12.1. The van der Waals surface area contributed by atoms with Gasteiger partial charge in [0.25, 0.3) is 0 Å². The van der Waals surface area contributed by atoms with E-state index in [1.54, 1.807) is 6.08 Å². The van der Waals surface area contributed by atoms with Gasteiger partial charge in [-0.2, -0.15) is 0 Å². The van der Waals surface area contributed by atoms with Gasteiger partial charge in [-0.05, 0) is 56.4 Å². The molecule has 1 unspecified atom stereocenters. The van der Waals surface area contributed by atoms with Crippen LogP contribution in [0.5, 0.6) is 0 Å². The molecular formula is C26H33ClN2O8. The average molecular weight is 537 g/mol. The van der Waals surface area contributed by atoms with Gasteiger partial charge in [-0.3, -0.25) is 10.3 Å². The number of halogens is 1.